The Balaban J connectivity index is 1.83. The topological polar surface area (TPSA) is 75.4 Å². The monoisotopic (exact) mass is 419 g/mol. The number of primary amides is 1. The highest BCUT2D eigenvalue weighted by Gasteiger charge is 2.22. The van der Waals surface area contributed by atoms with E-state index in [-0.39, 0.29) is 0 Å². The average molecular weight is 420 g/mol. The third-order valence-corrected chi connectivity index (χ3v) is 4.84. The summed E-state index contributed by atoms with van der Waals surface area (Å²) in [5, 5.41) is 2.64. The highest BCUT2D eigenvalue weighted by atomic mass is 79.9. The van der Waals surface area contributed by atoms with Gasteiger partial charge in [-0.15, -0.1) is 0 Å². The first-order chi connectivity index (χ1) is 12.4. The van der Waals surface area contributed by atoms with Gasteiger partial charge in [-0.1, -0.05) is 28.1 Å². The van der Waals surface area contributed by atoms with Crippen molar-refractivity contribution in [3.63, 3.8) is 0 Å². The number of carbonyl (C=O) groups is 2. The molecule has 2 aromatic rings. The number of nitrogens with two attached hydrogens (primary N) is 1. The summed E-state index contributed by atoms with van der Waals surface area (Å²) in [6.07, 6.45) is 2.25. The molecular formula is C19H19BrFN3O2. The molecule has 3 N–H and O–H groups in total. The number of carbonyl (C=O) groups excluding carboxylic acids is 2. The van der Waals surface area contributed by atoms with Crippen molar-refractivity contribution in [1.29, 1.82) is 0 Å². The summed E-state index contributed by atoms with van der Waals surface area (Å²) >= 11 is 3.44. The summed E-state index contributed by atoms with van der Waals surface area (Å²) in [5.74, 6) is -1.55. The first-order valence-corrected chi connectivity index (χ1v) is 9.14. The van der Waals surface area contributed by atoms with E-state index in [2.05, 4.69) is 26.1 Å². The molecule has 0 aliphatic carbocycles. The largest absolute Gasteiger partial charge is 0.371 e. The zero-order chi connectivity index (χ0) is 18.7. The van der Waals surface area contributed by atoms with Crippen molar-refractivity contribution in [1.82, 2.24) is 5.32 Å². The number of rotatable bonds is 5. The number of anilines is 1. The molecule has 1 aliphatic heterocycles. The fraction of sp³-hybridized carbons (Fsp3) is 0.263. The number of nitrogens with one attached hydrogen (secondary N) is 1. The van der Waals surface area contributed by atoms with Gasteiger partial charge in [0, 0.05) is 28.8 Å². The third-order valence-electron chi connectivity index (χ3n) is 4.38. The van der Waals surface area contributed by atoms with Gasteiger partial charge in [0.2, 0.25) is 5.91 Å². The minimum atomic E-state index is -1.03. The van der Waals surface area contributed by atoms with Crippen molar-refractivity contribution in [2.75, 3.05) is 18.0 Å². The van der Waals surface area contributed by atoms with Crippen LogP contribution in [0.25, 0.3) is 0 Å². The van der Waals surface area contributed by atoms with Gasteiger partial charge in [-0.3, -0.25) is 9.59 Å². The Hall–Kier alpha value is -2.41. The van der Waals surface area contributed by atoms with Crippen LogP contribution < -0.4 is 16.0 Å². The summed E-state index contributed by atoms with van der Waals surface area (Å²) < 4.78 is 13.9. The molecule has 1 aliphatic rings. The Morgan fingerprint density at radius 1 is 1.12 bits per heavy atom. The second-order valence-electron chi connectivity index (χ2n) is 6.25. The molecule has 0 bridgehead atoms. The van der Waals surface area contributed by atoms with Gasteiger partial charge in [-0.2, -0.15) is 0 Å². The highest BCUT2D eigenvalue weighted by molar-refractivity contribution is 9.10. The van der Waals surface area contributed by atoms with Crippen LogP contribution in [-0.4, -0.2) is 24.9 Å². The van der Waals surface area contributed by atoms with Crippen molar-refractivity contribution in [2.45, 2.75) is 18.9 Å². The lowest BCUT2D eigenvalue weighted by Crippen LogP contribution is -2.37. The zero-order valence-corrected chi connectivity index (χ0v) is 15.6. The minimum absolute atomic E-state index is 0.417. The van der Waals surface area contributed by atoms with Crippen LogP contribution in [-0.2, 0) is 4.79 Å². The van der Waals surface area contributed by atoms with Crippen molar-refractivity contribution in [2.24, 2.45) is 5.73 Å². The van der Waals surface area contributed by atoms with E-state index in [0.717, 1.165) is 36.1 Å². The summed E-state index contributed by atoms with van der Waals surface area (Å²) in [6.45, 7) is 1.91. The molecule has 0 spiro atoms. The summed E-state index contributed by atoms with van der Waals surface area (Å²) in [6, 6.07) is 9.74. The fourth-order valence-corrected chi connectivity index (χ4v) is 3.53. The van der Waals surface area contributed by atoms with Crippen LogP contribution >= 0.6 is 15.9 Å². The molecule has 0 aromatic heterocycles. The molecule has 1 saturated heterocycles. The van der Waals surface area contributed by atoms with Crippen LogP contribution in [0.5, 0.6) is 0 Å². The lowest BCUT2D eigenvalue weighted by molar-refractivity contribution is -0.120. The Kier molecular flexibility index (Phi) is 5.56. The molecule has 2 amide bonds. The molecule has 3 rings (SSSR count). The van der Waals surface area contributed by atoms with Crippen molar-refractivity contribution >= 4 is 33.4 Å². The Labute approximate surface area is 159 Å². The van der Waals surface area contributed by atoms with Crippen LogP contribution in [0, 0.1) is 5.82 Å². The van der Waals surface area contributed by atoms with E-state index in [1.807, 2.05) is 6.07 Å². The molecule has 1 unspecified atom stereocenters. The smallest absolute Gasteiger partial charge is 0.252 e. The van der Waals surface area contributed by atoms with Crippen LogP contribution in [0.4, 0.5) is 10.1 Å². The molecular weight excluding hydrogens is 401 g/mol. The van der Waals surface area contributed by atoms with Gasteiger partial charge in [-0.05, 0) is 48.7 Å². The molecule has 1 fully saturated rings. The van der Waals surface area contributed by atoms with Gasteiger partial charge in [0.05, 0.1) is 0 Å². The first kappa shape index (κ1) is 18.4. The van der Waals surface area contributed by atoms with E-state index in [9.17, 15) is 14.0 Å². The molecule has 1 atom stereocenters. The number of hydrogen-bond acceptors (Lipinski definition) is 3. The van der Waals surface area contributed by atoms with E-state index in [4.69, 9.17) is 5.73 Å². The van der Waals surface area contributed by atoms with Gasteiger partial charge in [0.15, 0.2) is 0 Å². The lowest BCUT2D eigenvalue weighted by Gasteiger charge is -2.20. The van der Waals surface area contributed by atoms with Crippen LogP contribution in [0.1, 0.15) is 34.8 Å². The van der Waals surface area contributed by atoms with Crippen molar-refractivity contribution in [3.05, 3.63) is 63.9 Å². The second kappa shape index (κ2) is 7.86. The second-order valence-corrected chi connectivity index (χ2v) is 7.17. The van der Waals surface area contributed by atoms with Gasteiger partial charge in [-0.25, -0.2) is 4.39 Å². The van der Waals surface area contributed by atoms with Crippen molar-refractivity contribution < 1.29 is 14.0 Å². The Morgan fingerprint density at radius 3 is 2.38 bits per heavy atom. The third kappa shape index (κ3) is 4.22. The number of nitrogens with zero attached hydrogens (tertiary/aromatic N) is 1. The van der Waals surface area contributed by atoms with E-state index in [1.54, 1.807) is 12.1 Å². The Bertz CT molecular complexity index is 820. The zero-order valence-electron chi connectivity index (χ0n) is 14.0. The minimum Gasteiger partial charge on any atom is -0.371 e. The average Bonchev–Trinajstić information content (AvgIpc) is 3.14. The van der Waals surface area contributed by atoms with Crippen molar-refractivity contribution in [3.8, 4) is 0 Å². The highest BCUT2D eigenvalue weighted by Crippen LogP contribution is 2.26. The first-order valence-electron chi connectivity index (χ1n) is 8.35. The summed E-state index contributed by atoms with van der Waals surface area (Å²) in [5.41, 5.74) is 7.24. The maximum Gasteiger partial charge on any atom is 0.252 e. The van der Waals surface area contributed by atoms with Crippen LogP contribution in [0.15, 0.2) is 46.9 Å². The predicted molar refractivity (Wildman–Crippen MR) is 101 cm³/mol. The molecule has 5 nitrogen and oxygen atoms in total. The Morgan fingerprint density at radius 2 is 1.77 bits per heavy atom. The molecule has 0 radical (unpaired) electrons. The summed E-state index contributed by atoms with van der Waals surface area (Å²) in [4.78, 5) is 26.7. The van der Waals surface area contributed by atoms with E-state index in [1.165, 1.54) is 24.3 Å². The van der Waals surface area contributed by atoms with Gasteiger partial charge < -0.3 is 16.0 Å². The van der Waals surface area contributed by atoms with E-state index < -0.39 is 23.7 Å². The van der Waals surface area contributed by atoms with Gasteiger partial charge in [0.1, 0.15) is 11.9 Å². The van der Waals surface area contributed by atoms with E-state index in [0.29, 0.717) is 11.1 Å². The molecule has 136 valence electrons. The van der Waals surface area contributed by atoms with Crippen LogP contribution in [0.3, 0.4) is 0 Å². The number of benzene rings is 2. The van der Waals surface area contributed by atoms with E-state index >= 15 is 0 Å². The SMILES string of the molecule is NC(=O)C(NC(=O)c1cc(Br)cc(N2CCCC2)c1)c1ccc(F)cc1. The maximum absolute atomic E-state index is 13.1. The maximum atomic E-state index is 13.1. The molecule has 26 heavy (non-hydrogen) atoms. The standard InChI is InChI=1S/C19H19BrFN3O2/c20-14-9-13(10-16(11-14)24-7-1-2-8-24)19(26)23-17(18(22)25)12-3-5-15(21)6-4-12/h3-6,9-11,17H,1-2,7-8H2,(H2,22,25)(H,23,26). The molecule has 0 saturated carbocycles. The molecule has 7 heteroatoms. The quantitative estimate of drug-likeness (QED) is 0.781. The normalized spacial score (nSPS) is 14.9. The number of halogens is 2. The van der Waals surface area contributed by atoms with Crippen LogP contribution in [0.2, 0.25) is 0 Å². The molecule has 1 heterocycles. The summed E-state index contributed by atoms with van der Waals surface area (Å²) in [7, 11) is 0. The fourth-order valence-electron chi connectivity index (χ4n) is 3.05. The number of hydrogen-bond donors (Lipinski definition) is 2. The number of amides is 2. The predicted octanol–water partition coefficient (Wildman–Crippen LogP) is 3.14. The lowest BCUT2D eigenvalue weighted by atomic mass is 10.1. The molecule has 2 aromatic carbocycles. The van der Waals surface area contributed by atoms with Gasteiger partial charge >= 0.3 is 0 Å². The van der Waals surface area contributed by atoms with Gasteiger partial charge in [0.25, 0.3) is 5.91 Å².